The largest absolute Gasteiger partial charge is 0.393 e. The van der Waals surface area contributed by atoms with Gasteiger partial charge in [-0.2, -0.15) is 0 Å². The topological polar surface area (TPSA) is 60.7 Å². The first-order valence-electron chi connectivity index (χ1n) is 3.84. The van der Waals surface area contributed by atoms with Gasteiger partial charge >= 0.3 is 0 Å². The van der Waals surface area contributed by atoms with E-state index in [2.05, 4.69) is 13.2 Å². The van der Waals surface area contributed by atoms with Crippen LogP contribution in [0.4, 0.5) is 0 Å². The van der Waals surface area contributed by atoms with Gasteiger partial charge < -0.3 is 15.3 Å². The van der Waals surface area contributed by atoms with Gasteiger partial charge in [-0.05, 0) is 12.8 Å². The van der Waals surface area contributed by atoms with Gasteiger partial charge in [0.1, 0.15) is 5.60 Å². The maximum atomic E-state index is 9.60. The number of hydrogen-bond acceptors (Lipinski definition) is 3. The molecule has 0 aliphatic heterocycles. The van der Waals surface area contributed by atoms with Gasteiger partial charge in [0.05, 0.1) is 12.7 Å². The van der Waals surface area contributed by atoms with Crippen molar-refractivity contribution in [2.45, 2.75) is 24.5 Å². The Morgan fingerprint density at radius 3 is 2.25 bits per heavy atom. The molecule has 0 radical (unpaired) electrons. The van der Waals surface area contributed by atoms with Crippen molar-refractivity contribution < 1.29 is 15.3 Å². The van der Waals surface area contributed by atoms with Crippen LogP contribution in [-0.4, -0.2) is 33.6 Å². The molecule has 0 spiro atoms. The third-order valence-corrected chi connectivity index (χ3v) is 1.78. The molecule has 0 aromatic rings. The zero-order chi connectivity index (χ0) is 9.61. The van der Waals surface area contributed by atoms with E-state index in [-0.39, 0.29) is 12.8 Å². The molecule has 0 aromatic heterocycles. The molecule has 0 amide bonds. The molecule has 3 nitrogen and oxygen atoms in total. The third kappa shape index (κ3) is 2.77. The average Bonchev–Trinajstić information content (AvgIpc) is 2.05. The van der Waals surface area contributed by atoms with Crippen LogP contribution < -0.4 is 0 Å². The first-order chi connectivity index (χ1) is 5.60. The molecule has 0 aliphatic rings. The van der Waals surface area contributed by atoms with Gasteiger partial charge in [0, 0.05) is 0 Å². The predicted octanol–water partition coefficient (Wildman–Crippen LogP) is 0.223. The van der Waals surface area contributed by atoms with Crippen molar-refractivity contribution in [1.29, 1.82) is 0 Å². The molecular weight excluding hydrogens is 156 g/mol. The average molecular weight is 172 g/mol. The minimum absolute atomic E-state index is 0.165. The van der Waals surface area contributed by atoms with Crippen LogP contribution in [0.15, 0.2) is 25.3 Å². The smallest absolute Gasteiger partial charge is 0.117 e. The fourth-order valence-electron chi connectivity index (χ4n) is 0.933. The highest BCUT2D eigenvalue weighted by Gasteiger charge is 2.32. The summed E-state index contributed by atoms with van der Waals surface area (Å²) < 4.78 is 0. The highest BCUT2D eigenvalue weighted by atomic mass is 16.4. The van der Waals surface area contributed by atoms with Crippen LogP contribution in [-0.2, 0) is 0 Å². The summed E-state index contributed by atoms with van der Waals surface area (Å²) in [6.07, 6.45) is 2.39. The standard InChI is InChI=1S/C9H16O3/c1-3-5-8(11)9(12,7-10)6-4-2/h3-4,8,10-12H,1-2,5-7H2. The van der Waals surface area contributed by atoms with E-state index in [1.54, 1.807) is 0 Å². The molecule has 0 rings (SSSR count). The second kappa shape index (κ2) is 5.09. The Bertz CT molecular complexity index is 156. The molecule has 3 N–H and O–H groups in total. The van der Waals surface area contributed by atoms with Crippen LogP contribution in [0, 0.1) is 0 Å². The number of aliphatic hydroxyl groups is 3. The molecule has 0 aliphatic carbocycles. The summed E-state index contributed by atoms with van der Waals surface area (Å²) in [5, 5.41) is 27.8. The molecule has 3 heteroatoms. The molecule has 0 fully saturated rings. The van der Waals surface area contributed by atoms with E-state index in [4.69, 9.17) is 5.11 Å². The van der Waals surface area contributed by atoms with E-state index >= 15 is 0 Å². The maximum absolute atomic E-state index is 9.60. The Balaban J connectivity index is 4.26. The minimum atomic E-state index is -1.48. The molecule has 12 heavy (non-hydrogen) atoms. The van der Waals surface area contributed by atoms with E-state index in [0.717, 1.165) is 0 Å². The van der Waals surface area contributed by atoms with E-state index in [1.165, 1.54) is 12.2 Å². The lowest BCUT2D eigenvalue weighted by Crippen LogP contribution is -2.45. The van der Waals surface area contributed by atoms with E-state index in [1.807, 2.05) is 0 Å². The van der Waals surface area contributed by atoms with Crippen molar-refractivity contribution in [2.24, 2.45) is 0 Å². The predicted molar refractivity (Wildman–Crippen MR) is 47.7 cm³/mol. The van der Waals surface area contributed by atoms with Gasteiger partial charge in [0.25, 0.3) is 0 Å². The van der Waals surface area contributed by atoms with Crippen molar-refractivity contribution in [3.05, 3.63) is 25.3 Å². The highest BCUT2D eigenvalue weighted by molar-refractivity contribution is 4.94. The Morgan fingerprint density at radius 2 is 1.92 bits per heavy atom. The summed E-state index contributed by atoms with van der Waals surface area (Å²) in [6, 6.07) is 0. The van der Waals surface area contributed by atoms with Crippen molar-refractivity contribution in [3.8, 4) is 0 Å². The second-order valence-electron chi connectivity index (χ2n) is 2.79. The normalized spacial score (nSPS) is 17.9. The summed E-state index contributed by atoms with van der Waals surface area (Å²) in [4.78, 5) is 0. The van der Waals surface area contributed by atoms with E-state index in [9.17, 15) is 10.2 Å². The van der Waals surface area contributed by atoms with Crippen LogP contribution >= 0.6 is 0 Å². The lowest BCUT2D eigenvalue weighted by Gasteiger charge is -2.29. The first kappa shape index (κ1) is 11.4. The highest BCUT2D eigenvalue weighted by Crippen LogP contribution is 2.18. The lowest BCUT2D eigenvalue weighted by molar-refractivity contribution is -0.101. The summed E-state index contributed by atoms with van der Waals surface area (Å²) in [5.74, 6) is 0. The van der Waals surface area contributed by atoms with Crippen molar-refractivity contribution >= 4 is 0 Å². The fourth-order valence-corrected chi connectivity index (χ4v) is 0.933. The molecule has 70 valence electrons. The summed E-state index contributed by atoms with van der Waals surface area (Å²) in [7, 11) is 0. The minimum Gasteiger partial charge on any atom is -0.393 e. The number of aliphatic hydroxyl groups excluding tert-OH is 2. The molecule has 0 saturated carbocycles. The zero-order valence-corrected chi connectivity index (χ0v) is 7.11. The summed E-state index contributed by atoms with van der Waals surface area (Å²) >= 11 is 0. The summed E-state index contributed by atoms with van der Waals surface area (Å²) in [5.41, 5.74) is -1.48. The molecule has 2 atom stereocenters. The number of rotatable bonds is 6. The van der Waals surface area contributed by atoms with Crippen LogP contribution in [0.5, 0.6) is 0 Å². The second-order valence-corrected chi connectivity index (χ2v) is 2.79. The van der Waals surface area contributed by atoms with Crippen LogP contribution in [0.1, 0.15) is 12.8 Å². The molecule has 0 bridgehead atoms. The van der Waals surface area contributed by atoms with Gasteiger partial charge in [-0.3, -0.25) is 0 Å². The van der Waals surface area contributed by atoms with Gasteiger partial charge in [-0.15, -0.1) is 13.2 Å². The van der Waals surface area contributed by atoms with E-state index in [0.29, 0.717) is 0 Å². The molecule has 0 saturated heterocycles. The quantitative estimate of drug-likeness (QED) is 0.502. The Kier molecular flexibility index (Phi) is 4.81. The molecule has 2 unspecified atom stereocenters. The Labute approximate surface area is 72.7 Å². The lowest BCUT2D eigenvalue weighted by atomic mass is 9.91. The van der Waals surface area contributed by atoms with Gasteiger partial charge in [-0.1, -0.05) is 12.2 Å². The van der Waals surface area contributed by atoms with Crippen molar-refractivity contribution in [3.63, 3.8) is 0 Å². The van der Waals surface area contributed by atoms with E-state index < -0.39 is 18.3 Å². The molecular formula is C9H16O3. The fraction of sp³-hybridized carbons (Fsp3) is 0.556. The summed E-state index contributed by atoms with van der Waals surface area (Å²) in [6.45, 7) is 6.38. The first-order valence-corrected chi connectivity index (χ1v) is 3.84. The molecule has 0 heterocycles. The van der Waals surface area contributed by atoms with Gasteiger partial charge in [0.15, 0.2) is 0 Å². The van der Waals surface area contributed by atoms with Gasteiger partial charge in [0.2, 0.25) is 0 Å². The maximum Gasteiger partial charge on any atom is 0.117 e. The van der Waals surface area contributed by atoms with Crippen LogP contribution in [0.2, 0.25) is 0 Å². The molecule has 0 aromatic carbocycles. The van der Waals surface area contributed by atoms with Crippen LogP contribution in [0.25, 0.3) is 0 Å². The van der Waals surface area contributed by atoms with Crippen molar-refractivity contribution in [1.82, 2.24) is 0 Å². The van der Waals surface area contributed by atoms with Gasteiger partial charge in [-0.25, -0.2) is 0 Å². The Hall–Kier alpha value is -0.640. The SMILES string of the molecule is C=CCC(O)C(O)(CO)CC=C. The van der Waals surface area contributed by atoms with Crippen molar-refractivity contribution in [2.75, 3.05) is 6.61 Å². The third-order valence-electron chi connectivity index (χ3n) is 1.78. The number of hydrogen-bond donors (Lipinski definition) is 3. The Morgan fingerprint density at radius 1 is 1.33 bits per heavy atom. The zero-order valence-electron chi connectivity index (χ0n) is 7.11. The monoisotopic (exact) mass is 172 g/mol. The van der Waals surface area contributed by atoms with Crippen LogP contribution in [0.3, 0.4) is 0 Å².